The Bertz CT molecular complexity index is 879. The first-order valence-corrected chi connectivity index (χ1v) is 9.38. The SMILES string of the molecule is O=C1CC(C(=O)Nc2ccc(CN3CCOCC3)cc2)c2ccc(F)cc2N1. The van der Waals surface area contributed by atoms with Crippen LogP contribution >= 0.6 is 0 Å². The van der Waals surface area contributed by atoms with E-state index in [-0.39, 0.29) is 18.2 Å². The van der Waals surface area contributed by atoms with E-state index in [1.165, 1.54) is 12.1 Å². The molecule has 28 heavy (non-hydrogen) atoms. The lowest BCUT2D eigenvalue weighted by Crippen LogP contribution is -2.35. The Hall–Kier alpha value is -2.77. The lowest BCUT2D eigenvalue weighted by molar-refractivity contribution is -0.123. The summed E-state index contributed by atoms with van der Waals surface area (Å²) < 4.78 is 18.8. The number of fused-ring (bicyclic) bond motifs is 1. The minimum Gasteiger partial charge on any atom is -0.379 e. The fraction of sp³-hybridized carbons (Fsp3) is 0.333. The number of benzene rings is 2. The maximum absolute atomic E-state index is 13.4. The molecular weight excluding hydrogens is 361 g/mol. The second-order valence-corrected chi connectivity index (χ2v) is 7.11. The molecule has 2 aliphatic heterocycles. The van der Waals surface area contributed by atoms with E-state index in [1.54, 1.807) is 6.07 Å². The summed E-state index contributed by atoms with van der Waals surface area (Å²) >= 11 is 0. The van der Waals surface area contributed by atoms with Crippen LogP contribution in [0.4, 0.5) is 15.8 Å². The van der Waals surface area contributed by atoms with Gasteiger partial charge in [-0.3, -0.25) is 14.5 Å². The fourth-order valence-corrected chi connectivity index (χ4v) is 3.61. The van der Waals surface area contributed by atoms with Crippen LogP contribution in [0.15, 0.2) is 42.5 Å². The van der Waals surface area contributed by atoms with Gasteiger partial charge in [0.05, 0.1) is 19.1 Å². The van der Waals surface area contributed by atoms with Gasteiger partial charge >= 0.3 is 0 Å². The summed E-state index contributed by atoms with van der Waals surface area (Å²) in [6.07, 6.45) is 0.0413. The number of hydrogen-bond donors (Lipinski definition) is 2. The fourth-order valence-electron chi connectivity index (χ4n) is 3.61. The van der Waals surface area contributed by atoms with Crippen molar-refractivity contribution in [2.24, 2.45) is 0 Å². The molecule has 1 unspecified atom stereocenters. The normalized spacial score (nSPS) is 19.6. The molecule has 6 nitrogen and oxygen atoms in total. The quantitative estimate of drug-likeness (QED) is 0.852. The lowest BCUT2D eigenvalue weighted by atomic mass is 9.89. The van der Waals surface area contributed by atoms with Crippen LogP contribution in [0.3, 0.4) is 0 Å². The minimum atomic E-state index is -0.641. The third kappa shape index (κ3) is 4.21. The lowest BCUT2D eigenvalue weighted by Gasteiger charge is -2.26. The summed E-state index contributed by atoms with van der Waals surface area (Å²) in [6.45, 7) is 4.20. The van der Waals surface area contributed by atoms with Gasteiger partial charge in [0.25, 0.3) is 0 Å². The number of halogens is 1. The summed E-state index contributed by atoms with van der Waals surface area (Å²) in [5.41, 5.74) is 2.82. The van der Waals surface area contributed by atoms with Gasteiger partial charge in [-0.25, -0.2) is 4.39 Å². The summed E-state index contributed by atoms with van der Waals surface area (Å²) in [7, 11) is 0. The van der Waals surface area contributed by atoms with Crippen molar-refractivity contribution in [2.45, 2.75) is 18.9 Å². The molecule has 2 N–H and O–H groups in total. The van der Waals surface area contributed by atoms with E-state index < -0.39 is 11.7 Å². The first kappa shape index (κ1) is 18.6. The van der Waals surface area contributed by atoms with E-state index in [0.717, 1.165) is 38.4 Å². The number of rotatable bonds is 4. The molecule has 0 bridgehead atoms. The monoisotopic (exact) mass is 383 g/mol. The molecule has 0 spiro atoms. The molecule has 0 aliphatic carbocycles. The predicted octanol–water partition coefficient (Wildman–Crippen LogP) is 2.72. The van der Waals surface area contributed by atoms with Gasteiger partial charge in [0.15, 0.2) is 0 Å². The van der Waals surface area contributed by atoms with Gasteiger partial charge in [0.1, 0.15) is 5.82 Å². The molecule has 4 rings (SSSR count). The van der Waals surface area contributed by atoms with Crippen LogP contribution in [-0.2, 0) is 20.9 Å². The number of morpholine rings is 1. The second-order valence-electron chi connectivity index (χ2n) is 7.11. The Morgan fingerprint density at radius 1 is 1.18 bits per heavy atom. The van der Waals surface area contributed by atoms with Gasteiger partial charge in [0, 0.05) is 37.4 Å². The van der Waals surface area contributed by atoms with Crippen molar-refractivity contribution in [1.29, 1.82) is 0 Å². The van der Waals surface area contributed by atoms with Gasteiger partial charge in [-0.05, 0) is 35.4 Å². The number of hydrogen-bond acceptors (Lipinski definition) is 4. The Kier molecular flexibility index (Phi) is 5.36. The number of carbonyl (C=O) groups is 2. The minimum absolute atomic E-state index is 0.0413. The zero-order valence-electron chi connectivity index (χ0n) is 15.4. The molecule has 2 aromatic carbocycles. The standard InChI is InChI=1S/C21H22FN3O3/c22-15-3-6-17-18(12-20(26)24-19(17)11-15)21(27)23-16-4-1-14(2-5-16)13-25-7-9-28-10-8-25/h1-6,11,18H,7-10,12-13H2,(H,23,27)(H,24,26). The topological polar surface area (TPSA) is 70.7 Å². The van der Waals surface area contributed by atoms with Gasteiger partial charge in [-0.15, -0.1) is 0 Å². The van der Waals surface area contributed by atoms with Gasteiger partial charge in [-0.1, -0.05) is 18.2 Å². The van der Waals surface area contributed by atoms with Crippen molar-refractivity contribution in [3.8, 4) is 0 Å². The number of ether oxygens (including phenoxy) is 1. The first-order chi connectivity index (χ1) is 13.6. The largest absolute Gasteiger partial charge is 0.379 e. The van der Waals surface area contributed by atoms with E-state index >= 15 is 0 Å². The van der Waals surface area contributed by atoms with E-state index in [9.17, 15) is 14.0 Å². The molecule has 0 radical (unpaired) electrons. The molecule has 146 valence electrons. The maximum Gasteiger partial charge on any atom is 0.232 e. The van der Waals surface area contributed by atoms with Crippen molar-refractivity contribution in [3.05, 3.63) is 59.4 Å². The van der Waals surface area contributed by atoms with Crippen LogP contribution in [0.2, 0.25) is 0 Å². The van der Waals surface area contributed by atoms with E-state index in [4.69, 9.17) is 4.74 Å². The molecule has 1 fully saturated rings. The molecule has 2 aromatic rings. The first-order valence-electron chi connectivity index (χ1n) is 9.38. The average Bonchev–Trinajstić information content (AvgIpc) is 2.69. The van der Waals surface area contributed by atoms with Crippen molar-refractivity contribution in [2.75, 3.05) is 36.9 Å². The number of anilines is 2. The summed E-state index contributed by atoms with van der Waals surface area (Å²) in [5, 5.41) is 5.50. The Balaban J connectivity index is 1.43. The van der Waals surface area contributed by atoms with Crippen molar-refractivity contribution in [1.82, 2.24) is 4.90 Å². The van der Waals surface area contributed by atoms with Crippen LogP contribution in [0.5, 0.6) is 0 Å². The number of nitrogens with zero attached hydrogens (tertiary/aromatic N) is 1. The van der Waals surface area contributed by atoms with E-state index in [2.05, 4.69) is 15.5 Å². The highest BCUT2D eigenvalue weighted by Crippen LogP contribution is 2.33. The Morgan fingerprint density at radius 3 is 2.68 bits per heavy atom. The second kappa shape index (κ2) is 8.08. The van der Waals surface area contributed by atoms with Crippen LogP contribution in [0.25, 0.3) is 0 Å². The highest BCUT2D eigenvalue weighted by molar-refractivity contribution is 6.05. The molecule has 0 aromatic heterocycles. The van der Waals surface area contributed by atoms with Crippen LogP contribution in [0.1, 0.15) is 23.5 Å². The smallest absolute Gasteiger partial charge is 0.232 e. The van der Waals surface area contributed by atoms with Gasteiger partial charge in [-0.2, -0.15) is 0 Å². The Labute approximate surface area is 162 Å². The Morgan fingerprint density at radius 2 is 1.93 bits per heavy atom. The summed E-state index contributed by atoms with van der Waals surface area (Å²) in [5.74, 6) is -1.66. The summed E-state index contributed by atoms with van der Waals surface area (Å²) in [6, 6.07) is 11.8. The van der Waals surface area contributed by atoms with Crippen molar-refractivity contribution < 1.29 is 18.7 Å². The summed E-state index contributed by atoms with van der Waals surface area (Å²) in [4.78, 5) is 27.0. The molecule has 1 saturated heterocycles. The zero-order valence-corrected chi connectivity index (χ0v) is 15.4. The average molecular weight is 383 g/mol. The maximum atomic E-state index is 13.4. The van der Waals surface area contributed by atoms with Crippen molar-refractivity contribution in [3.63, 3.8) is 0 Å². The predicted molar refractivity (Wildman–Crippen MR) is 104 cm³/mol. The molecule has 7 heteroatoms. The van der Waals surface area contributed by atoms with E-state index in [1.807, 2.05) is 24.3 Å². The highest BCUT2D eigenvalue weighted by Gasteiger charge is 2.31. The van der Waals surface area contributed by atoms with Crippen LogP contribution in [0, 0.1) is 5.82 Å². The third-order valence-electron chi connectivity index (χ3n) is 5.10. The molecular formula is C21H22FN3O3. The zero-order chi connectivity index (χ0) is 19.5. The number of nitrogens with one attached hydrogen (secondary N) is 2. The number of amides is 2. The molecule has 2 heterocycles. The molecule has 1 atom stereocenters. The highest BCUT2D eigenvalue weighted by atomic mass is 19.1. The van der Waals surface area contributed by atoms with Crippen molar-refractivity contribution >= 4 is 23.2 Å². The van der Waals surface area contributed by atoms with Gasteiger partial charge in [0.2, 0.25) is 11.8 Å². The molecule has 2 aliphatic rings. The van der Waals surface area contributed by atoms with Crippen LogP contribution < -0.4 is 10.6 Å². The third-order valence-corrected chi connectivity index (χ3v) is 5.10. The molecule has 2 amide bonds. The van der Waals surface area contributed by atoms with Gasteiger partial charge < -0.3 is 15.4 Å². The van der Waals surface area contributed by atoms with Crippen LogP contribution in [-0.4, -0.2) is 43.0 Å². The molecule has 0 saturated carbocycles. The van der Waals surface area contributed by atoms with E-state index in [0.29, 0.717) is 16.9 Å². The number of carbonyl (C=O) groups excluding carboxylic acids is 2.